The van der Waals surface area contributed by atoms with Gasteiger partial charge in [-0.2, -0.15) is 11.8 Å². The minimum atomic E-state index is 0.137. The predicted molar refractivity (Wildman–Crippen MR) is 93.8 cm³/mol. The van der Waals surface area contributed by atoms with E-state index in [4.69, 9.17) is 4.74 Å². The lowest BCUT2D eigenvalue weighted by Crippen LogP contribution is -2.35. The second-order valence-corrected chi connectivity index (χ2v) is 8.02. The average molecular weight is 360 g/mol. The van der Waals surface area contributed by atoms with Crippen LogP contribution in [0.25, 0.3) is 0 Å². The zero-order valence-corrected chi connectivity index (χ0v) is 15.4. The monoisotopic (exact) mass is 359 g/mol. The molecule has 0 spiro atoms. The Bertz CT molecular complexity index is 404. The molecule has 2 nitrogen and oxygen atoms in total. The number of halogens is 1. The Hall–Kier alpha value is -0.190. The van der Waals surface area contributed by atoms with E-state index in [-0.39, 0.29) is 5.54 Å². The summed E-state index contributed by atoms with van der Waals surface area (Å²) in [6.45, 7) is 10.4. The summed E-state index contributed by atoms with van der Waals surface area (Å²) >= 11 is 5.55. The van der Waals surface area contributed by atoms with Gasteiger partial charge < -0.3 is 10.1 Å². The van der Waals surface area contributed by atoms with Crippen LogP contribution >= 0.6 is 27.7 Å². The third-order valence-electron chi connectivity index (χ3n) is 2.71. The third-order valence-corrected chi connectivity index (χ3v) is 4.32. The van der Waals surface area contributed by atoms with Crippen LogP contribution in [0, 0.1) is 0 Å². The molecule has 0 heterocycles. The SMILES string of the molecule is CCSCCCOc1ccc(CNC(C)(C)C)cc1Br. The molecule has 0 bridgehead atoms. The van der Waals surface area contributed by atoms with E-state index in [0.29, 0.717) is 0 Å². The highest BCUT2D eigenvalue weighted by Gasteiger charge is 2.09. The fourth-order valence-electron chi connectivity index (χ4n) is 1.63. The number of rotatable bonds is 8. The Labute approximate surface area is 136 Å². The summed E-state index contributed by atoms with van der Waals surface area (Å²) in [5.74, 6) is 3.28. The van der Waals surface area contributed by atoms with Crippen LogP contribution in [-0.2, 0) is 6.54 Å². The van der Waals surface area contributed by atoms with Gasteiger partial charge in [0.05, 0.1) is 11.1 Å². The summed E-state index contributed by atoms with van der Waals surface area (Å²) in [6, 6.07) is 6.31. The highest BCUT2D eigenvalue weighted by molar-refractivity contribution is 9.10. The maximum atomic E-state index is 5.80. The van der Waals surface area contributed by atoms with E-state index in [9.17, 15) is 0 Å². The van der Waals surface area contributed by atoms with Crippen molar-refractivity contribution in [2.75, 3.05) is 18.1 Å². The van der Waals surface area contributed by atoms with Gasteiger partial charge in [-0.3, -0.25) is 0 Å². The first-order valence-electron chi connectivity index (χ1n) is 7.16. The Morgan fingerprint density at radius 3 is 2.65 bits per heavy atom. The van der Waals surface area contributed by atoms with Crippen molar-refractivity contribution < 1.29 is 4.74 Å². The lowest BCUT2D eigenvalue weighted by atomic mass is 10.1. The first-order chi connectivity index (χ1) is 9.42. The van der Waals surface area contributed by atoms with Gasteiger partial charge >= 0.3 is 0 Å². The Morgan fingerprint density at radius 1 is 1.30 bits per heavy atom. The molecule has 4 heteroatoms. The summed E-state index contributed by atoms with van der Waals surface area (Å²) in [5.41, 5.74) is 1.40. The van der Waals surface area contributed by atoms with Gasteiger partial charge in [0.1, 0.15) is 5.75 Å². The fourth-order valence-corrected chi connectivity index (χ4v) is 2.78. The molecule has 0 unspecified atom stereocenters. The van der Waals surface area contributed by atoms with Gasteiger partial charge in [-0.15, -0.1) is 0 Å². The number of benzene rings is 1. The fraction of sp³-hybridized carbons (Fsp3) is 0.625. The number of hydrogen-bond donors (Lipinski definition) is 1. The van der Waals surface area contributed by atoms with E-state index >= 15 is 0 Å². The molecule has 0 atom stereocenters. The standard InChI is InChI=1S/C16H26BrNOS/c1-5-20-10-6-9-19-15-8-7-13(11-14(15)17)12-18-16(2,3)4/h7-8,11,18H,5-6,9-10,12H2,1-4H3. The van der Waals surface area contributed by atoms with E-state index in [1.54, 1.807) is 0 Å². The van der Waals surface area contributed by atoms with E-state index in [0.717, 1.165) is 29.8 Å². The van der Waals surface area contributed by atoms with Crippen LogP contribution < -0.4 is 10.1 Å². The molecule has 0 aliphatic heterocycles. The molecule has 0 fully saturated rings. The van der Waals surface area contributed by atoms with E-state index in [2.05, 4.69) is 67.1 Å². The predicted octanol–water partition coefficient (Wildman–Crippen LogP) is 4.86. The normalized spacial score (nSPS) is 11.7. The minimum Gasteiger partial charge on any atom is -0.492 e. The molecule has 1 rings (SSSR count). The number of nitrogens with one attached hydrogen (secondary N) is 1. The second-order valence-electron chi connectivity index (χ2n) is 5.77. The van der Waals surface area contributed by atoms with Crippen molar-refractivity contribution in [1.29, 1.82) is 0 Å². The summed E-state index contributed by atoms with van der Waals surface area (Å²) in [6.07, 6.45) is 1.10. The van der Waals surface area contributed by atoms with Crippen molar-refractivity contribution in [2.24, 2.45) is 0 Å². The average Bonchev–Trinajstić information content (AvgIpc) is 2.37. The summed E-state index contributed by atoms with van der Waals surface area (Å²) in [5, 5.41) is 3.49. The van der Waals surface area contributed by atoms with Crippen molar-refractivity contribution in [3.8, 4) is 5.75 Å². The maximum absolute atomic E-state index is 5.80. The molecular formula is C16H26BrNOS. The number of hydrogen-bond acceptors (Lipinski definition) is 3. The summed E-state index contributed by atoms with van der Waals surface area (Å²) in [7, 11) is 0. The van der Waals surface area contributed by atoms with Crippen LogP contribution in [0.3, 0.4) is 0 Å². The maximum Gasteiger partial charge on any atom is 0.133 e. The summed E-state index contributed by atoms with van der Waals surface area (Å²) < 4.78 is 6.84. The molecular weight excluding hydrogens is 334 g/mol. The number of thioether (sulfide) groups is 1. The Morgan fingerprint density at radius 2 is 2.05 bits per heavy atom. The molecule has 114 valence electrons. The van der Waals surface area contributed by atoms with Gasteiger partial charge in [-0.1, -0.05) is 13.0 Å². The number of ether oxygens (including phenoxy) is 1. The van der Waals surface area contributed by atoms with Crippen molar-refractivity contribution >= 4 is 27.7 Å². The van der Waals surface area contributed by atoms with Gasteiger partial charge in [0.25, 0.3) is 0 Å². The first kappa shape index (κ1) is 17.9. The zero-order valence-electron chi connectivity index (χ0n) is 13.0. The molecule has 1 aromatic carbocycles. The minimum absolute atomic E-state index is 0.137. The van der Waals surface area contributed by atoms with Crippen LogP contribution in [-0.4, -0.2) is 23.7 Å². The van der Waals surface area contributed by atoms with Crippen molar-refractivity contribution in [3.63, 3.8) is 0 Å². The highest BCUT2D eigenvalue weighted by atomic mass is 79.9. The van der Waals surface area contributed by atoms with Gasteiger partial charge in [0.15, 0.2) is 0 Å². The largest absolute Gasteiger partial charge is 0.492 e. The molecule has 0 aromatic heterocycles. The van der Waals surface area contributed by atoms with Crippen LogP contribution in [0.4, 0.5) is 0 Å². The van der Waals surface area contributed by atoms with Crippen molar-refractivity contribution in [2.45, 2.75) is 46.2 Å². The Kier molecular flexibility index (Phi) is 8.00. The summed E-state index contributed by atoms with van der Waals surface area (Å²) in [4.78, 5) is 0. The molecule has 0 aliphatic carbocycles. The van der Waals surface area contributed by atoms with E-state index in [1.807, 2.05) is 11.8 Å². The molecule has 0 saturated carbocycles. The lowest BCUT2D eigenvalue weighted by Gasteiger charge is -2.20. The van der Waals surface area contributed by atoms with Crippen LogP contribution in [0.5, 0.6) is 5.75 Å². The van der Waals surface area contributed by atoms with E-state index < -0.39 is 0 Å². The highest BCUT2D eigenvalue weighted by Crippen LogP contribution is 2.26. The first-order valence-corrected chi connectivity index (χ1v) is 9.11. The molecule has 20 heavy (non-hydrogen) atoms. The van der Waals surface area contributed by atoms with Crippen molar-refractivity contribution in [1.82, 2.24) is 5.32 Å². The van der Waals surface area contributed by atoms with Gasteiger partial charge in [-0.05, 0) is 72.3 Å². The second kappa shape index (κ2) is 8.96. The van der Waals surface area contributed by atoms with Crippen LogP contribution in [0.1, 0.15) is 39.7 Å². The van der Waals surface area contributed by atoms with Crippen LogP contribution in [0.15, 0.2) is 22.7 Å². The van der Waals surface area contributed by atoms with Gasteiger partial charge in [0, 0.05) is 12.1 Å². The third kappa shape index (κ3) is 7.55. The quantitative estimate of drug-likeness (QED) is 0.669. The molecule has 1 N–H and O–H groups in total. The lowest BCUT2D eigenvalue weighted by molar-refractivity contribution is 0.316. The van der Waals surface area contributed by atoms with Gasteiger partial charge in [0.2, 0.25) is 0 Å². The molecule has 0 radical (unpaired) electrons. The van der Waals surface area contributed by atoms with E-state index in [1.165, 1.54) is 17.1 Å². The molecule has 1 aromatic rings. The van der Waals surface area contributed by atoms with Gasteiger partial charge in [-0.25, -0.2) is 0 Å². The van der Waals surface area contributed by atoms with Crippen LogP contribution in [0.2, 0.25) is 0 Å². The zero-order chi connectivity index (χ0) is 15.0. The Balaban J connectivity index is 2.43. The molecule has 0 saturated heterocycles. The molecule has 0 amide bonds. The smallest absolute Gasteiger partial charge is 0.133 e. The van der Waals surface area contributed by atoms with Crippen molar-refractivity contribution in [3.05, 3.63) is 28.2 Å². The topological polar surface area (TPSA) is 21.3 Å². The molecule has 0 aliphatic rings.